The molecule has 1 aliphatic rings. The summed E-state index contributed by atoms with van der Waals surface area (Å²) >= 11 is 1.48. The number of anilines is 2. The van der Waals surface area contributed by atoms with Crippen molar-refractivity contribution in [1.82, 2.24) is 14.6 Å². The Bertz CT molecular complexity index is 1420. The van der Waals surface area contributed by atoms with Gasteiger partial charge >= 0.3 is 0 Å². The Balaban J connectivity index is 0.997. The molecule has 9 nitrogen and oxygen atoms in total. The van der Waals surface area contributed by atoms with E-state index in [2.05, 4.69) is 49.1 Å². The van der Waals surface area contributed by atoms with Gasteiger partial charge in [0, 0.05) is 68.5 Å². The lowest BCUT2D eigenvalue weighted by Crippen LogP contribution is -2.49. The molecule has 1 saturated heterocycles. The molecule has 1 atom stereocenters. The van der Waals surface area contributed by atoms with Crippen LogP contribution in [0.4, 0.5) is 11.5 Å². The van der Waals surface area contributed by atoms with E-state index >= 15 is 0 Å². The van der Waals surface area contributed by atoms with E-state index in [1.807, 2.05) is 24.3 Å². The highest BCUT2D eigenvalue weighted by molar-refractivity contribution is 7.13. The van der Waals surface area contributed by atoms with E-state index in [1.54, 1.807) is 31.4 Å². The zero-order valence-electron chi connectivity index (χ0n) is 23.3. The second kappa shape index (κ2) is 14.2. The molecular formula is C31H37N5O4S. The minimum absolute atomic E-state index is 0.149. The highest BCUT2D eigenvalue weighted by atomic mass is 32.1. The molecule has 4 aromatic rings. The van der Waals surface area contributed by atoms with Crippen LogP contribution in [0.25, 0.3) is 10.1 Å². The van der Waals surface area contributed by atoms with Gasteiger partial charge in [0.05, 0.1) is 11.8 Å². The zero-order valence-corrected chi connectivity index (χ0v) is 24.1. The van der Waals surface area contributed by atoms with Crippen molar-refractivity contribution in [2.24, 2.45) is 0 Å². The van der Waals surface area contributed by atoms with Crippen LogP contribution in [0.15, 0.2) is 72.8 Å². The lowest BCUT2D eigenvalue weighted by Gasteiger charge is -2.37. The minimum Gasteiger partial charge on any atom is -0.497 e. The van der Waals surface area contributed by atoms with Crippen molar-refractivity contribution < 1.29 is 19.4 Å². The number of aliphatic hydroxyl groups is 1. The minimum atomic E-state index is -0.627. The highest BCUT2D eigenvalue weighted by Crippen LogP contribution is 2.26. The van der Waals surface area contributed by atoms with Gasteiger partial charge in [0.25, 0.3) is 5.91 Å². The molecule has 216 valence electrons. The van der Waals surface area contributed by atoms with Crippen molar-refractivity contribution in [3.05, 3.63) is 78.4 Å². The fraction of sp³-hybridized carbons (Fsp3) is 0.355. The number of rotatable bonds is 13. The average Bonchev–Trinajstić information content (AvgIpc) is 3.43. The van der Waals surface area contributed by atoms with Crippen LogP contribution >= 0.6 is 11.5 Å². The Kier molecular flexibility index (Phi) is 9.90. The highest BCUT2D eigenvalue weighted by Gasteiger charge is 2.20. The Labute approximate surface area is 244 Å². The molecule has 0 bridgehead atoms. The SMILES string of the molecule is COc1cccc(N2CCN(CC(O)COc3cccc(C(=O)NCCCNc4nsc5ccccc45)c3)CC2)c1. The molecule has 0 saturated carbocycles. The molecule has 1 aromatic heterocycles. The summed E-state index contributed by atoms with van der Waals surface area (Å²) in [6, 6.07) is 23.3. The number of nitrogens with one attached hydrogen (secondary N) is 2. The van der Waals surface area contributed by atoms with E-state index in [0.717, 1.165) is 59.9 Å². The number of aliphatic hydroxyl groups excluding tert-OH is 1. The van der Waals surface area contributed by atoms with Gasteiger partial charge in [0.1, 0.15) is 30.0 Å². The van der Waals surface area contributed by atoms with Crippen LogP contribution in [0, 0.1) is 0 Å². The number of β-amino-alcohol motifs (C(OH)–C–C–N with tert-alkyl or cyclic N) is 1. The molecule has 41 heavy (non-hydrogen) atoms. The summed E-state index contributed by atoms with van der Waals surface area (Å²) in [5, 5.41) is 18.0. The van der Waals surface area contributed by atoms with Gasteiger partial charge in [-0.3, -0.25) is 9.69 Å². The van der Waals surface area contributed by atoms with Crippen molar-refractivity contribution >= 4 is 39.0 Å². The Hall–Kier alpha value is -3.86. The number of piperazine rings is 1. The molecule has 1 amide bonds. The number of nitrogens with zero attached hydrogens (tertiary/aromatic N) is 3. The van der Waals surface area contributed by atoms with Crippen molar-refractivity contribution in [1.29, 1.82) is 0 Å². The molecule has 0 radical (unpaired) electrons. The second-order valence-electron chi connectivity index (χ2n) is 10.0. The normalized spacial score (nSPS) is 14.5. The molecule has 3 aromatic carbocycles. The summed E-state index contributed by atoms with van der Waals surface area (Å²) in [6.45, 7) is 5.45. The fourth-order valence-electron chi connectivity index (χ4n) is 4.88. The quantitative estimate of drug-likeness (QED) is 0.205. The number of ether oxygens (including phenoxy) is 2. The van der Waals surface area contributed by atoms with Gasteiger partial charge in [-0.05, 0) is 60.4 Å². The summed E-state index contributed by atoms with van der Waals surface area (Å²) in [6.07, 6.45) is 0.145. The maximum atomic E-state index is 12.7. The maximum Gasteiger partial charge on any atom is 0.251 e. The number of amides is 1. The van der Waals surface area contributed by atoms with Crippen molar-refractivity contribution in [3.8, 4) is 11.5 Å². The number of methoxy groups -OCH3 is 1. The average molecular weight is 576 g/mol. The van der Waals surface area contributed by atoms with Crippen LogP contribution in [0.2, 0.25) is 0 Å². The lowest BCUT2D eigenvalue weighted by atomic mass is 10.2. The molecule has 2 heterocycles. The largest absolute Gasteiger partial charge is 0.497 e. The van der Waals surface area contributed by atoms with Crippen LogP contribution in [0.5, 0.6) is 11.5 Å². The predicted molar refractivity (Wildman–Crippen MR) is 165 cm³/mol. The summed E-state index contributed by atoms with van der Waals surface area (Å²) in [7, 11) is 1.68. The van der Waals surface area contributed by atoms with Gasteiger partial charge in [-0.2, -0.15) is 4.37 Å². The number of aromatic nitrogens is 1. The van der Waals surface area contributed by atoms with Gasteiger partial charge < -0.3 is 30.1 Å². The number of carbonyl (C=O) groups is 1. The van der Waals surface area contributed by atoms with Crippen LogP contribution < -0.4 is 25.0 Å². The maximum absolute atomic E-state index is 12.7. The number of hydrogen-bond acceptors (Lipinski definition) is 9. The number of fused-ring (bicyclic) bond motifs is 1. The predicted octanol–water partition coefficient (Wildman–Crippen LogP) is 4.10. The first-order valence-electron chi connectivity index (χ1n) is 14.0. The van der Waals surface area contributed by atoms with Gasteiger partial charge in [-0.1, -0.05) is 24.3 Å². The molecular weight excluding hydrogens is 538 g/mol. The molecule has 1 fully saturated rings. The fourth-order valence-corrected chi connectivity index (χ4v) is 5.63. The summed E-state index contributed by atoms with van der Waals surface area (Å²) < 4.78 is 16.8. The van der Waals surface area contributed by atoms with Crippen LogP contribution in [0.1, 0.15) is 16.8 Å². The van der Waals surface area contributed by atoms with E-state index in [4.69, 9.17) is 9.47 Å². The summed E-state index contributed by atoms with van der Waals surface area (Å²) in [5.74, 6) is 2.16. The molecule has 5 rings (SSSR count). The van der Waals surface area contributed by atoms with Crippen molar-refractivity contribution in [2.45, 2.75) is 12.5 Å². The van der Waals surface area contributed by atoms with Crippen LogP contribution in [-0.2, 0) is 0 Å². The Morgan fingerprint density at radius 1 is 1.00 bits per heavy atom. The smallest absolute Gasteiger partial charge is 0.251 e. The van der Waals surface area contributed by atoms with E-state index in [1.165, 1.54) is 11.5 Å². The monoisotopic (exact) mass is 575 g/mol. The lowest BCUT2D eigenvalue weighted by molar-refractivity contribution is 0.0662. The molecule has 1 aliphatic heterocycles. The number of hydrogen-bond donors (Lipinski definition) is 3. The Morgan fingerprint density at radius 2 is 1.80 bits per heavy atom. The van der Waals surface area contributed by atoms with E-state index in [9.17, 15) is 9.90 Å². The second-order valence-corrected chi connectivity index (χ2v) is 10.9. The van der Waals surface area contributed by atoms with Crippen LogP contribution in [-0.4, -0.2) is 85.9 Å². The van der Waals surface area contributed by atoms with E-state index < -0.39 is 6.10 Å². The van der Waals surface area contributed by atoms with E-state index in [0.29, 0.717) is 30.9 Å². The molecule has 3 N–H and O–H groups in total. The Morgan fingerprint density at radius 3 is 2.66 bits per heavy atom. The topological polar surface area (TPSA) is 99.2 Å². The first-order valence-corrected chi connectivity index (χ1v) is 14.7. The third-order valence-corrected chi connectivity index (χ3v) is 7.93. The van der Waals surface area contributed by atoms with Gasteiger partial charge in [0.2, 0.25) is 0 Å². The third-order valence-electron chi connectivity index (χ3n) is 7.11. The third kappa shape index (κ3) is 7.87. The zero-order chi connectivity index (χ0) is 28.4. The van der Waals surface area contributed by atoms with E-state index in [-0.39, 0.29) is 12.5 Å². The standard InChI is InChI=1S/C31H37N5O4S/c1-39-26-9-5-8-24(20-26)36-17-15-35(16-18-36)21-25(37)22-40-27-10-4-7-23(19-27)31(38)33-14-6-13-32-30-28-11-2-3-12-29(28)41-34-30/h2-5,7-12,19-20,25,37H,6,13-18,21-22H2,1H3,(H,32,34)(H,33,38). The molecule has 1 unspecified atom stereocenters. The molecule has 10 heteroatoms. The first kappa shape index (κ1) is 28.7. The summed E-state index contributed by atoms with van der Waals surface area (Å²) in [4.78, 5) is 17.2. The molecule has 0 aliphatic carbocycles. The molecule has 0 spiro atoms. The van der Waals surface area contributed by atoms with Gasteiger partial charge in [0.15, 0.2) is 0 Å². The van der Waals surface area contributed by atoms with Gasteiger partial charge in [-0.25, -0.2) is 0 Å². The van der Waals surface area contributed by atoms with Crippen molar-refractivity contribution in [2.75, 3.05) is 69.7 Å². The summed E-state index contributed by atoms with van der Waals surface area (Å²) in [5.41, 5.74) is 1.68. The van der Waals surface area contributed by atoms with Crippen LogP contribution in [0.3, 0.4) is 0 Å². The number of carbonyl (C=O) groups excluding carboxylic acids is 1. The number of benzene rings is 3. The van der Waals surface area contributed by atoms with Gasteiger partial charge in [-0.15, -0.1) is 0 Å². The van der Waals surface area contributed by atoms with Crippen molar-refractivity contribution in [3.63, 3.8) is 0 Å². The first-order chi connectivity index (χ1) is 20.1.